The third kappa shape index (κ3) is 13.9. The Morgan fingerprint density at radius 1 is 0.933 bits per heavy atom. The number of rotatable bonds is 6. The summed E-state index contributed by atoms with van der Waals surface area (Å²) in [5.41, 5.74) is 0.445. The predicted molar refractivity (Wildman–Crippen MR) is 67.3 cm³/mol. The lowest BCUT2D eigenvalue weighted by molar-refractivity contribution is -0.00378. The fourth-order valence-corrected chi connectivity index (χ4v) is 1.16. The van der Waals surface area contributed by atoms with Gasteiger partial charge in [-0.1, -0.05) is 20.8 Å². The minimum atomic E-state index is 0.00537. The molecular formula is C13H29NO. The van der Waals surface area contributed by atoms with E-state index in [2.05, 4.69) is 46.9 Å². The maximum Gasteiger partial charge on any atom is 0.0598 e. The van der Waals surface area contributed by atoms with Crippen molar-refractivity contribution in [1.29, 1.82) is 0 Å². The first-order valence-electron chi connectivity index (χ1n) is 6.05. The Kier molecular flexibility index (Phi) is 6.46. The standard InChI is InChI=1S/C13H29NO/c1-12(2,3)8-10-14-9-7-11-15-13(4,5)6/h14H,7-11H2,1-6H3. The molecule has 0 rings (SSSR count). The zero-order valence-electron chi connectivity index (χ0n) is 11.4. The minimum Gasteiger partial charge on any atom is -0.376 e. The topological polar surface area (TPSA) is 21.3 Å². The number of ether oxygens (including phenoxy) is 1. The summed E-state index contributed by atoms with van der Waals surface area (Å²) in [5, 5.41) is 3.45. The van der Waals surface area contributed by atoms with E-state index < -0.39 is 0 Å². The Balaban J connectivity index is 3.20. The van der Waals surface area contributed by atoms with E-state index in [0.29, 0.717) is 5.41 Å². The van der Waals surface area contributed by atoms with Crippen molar-refractivity contribution in [3.63, 3.8) is 0 Å². The van der Waals surface area contributed by atoms with Crippen molar-refractivity contribution in [3.05, 3.63) is 0 Å². The van der Waals surface area contributed by atoms with Crippen LogP contribution in [0.15, 0.2) is 0 Å². The second-order valence-corrected chi connectivity index (χ2v) is 6.38. The van der Waals surface area contributed by atoms with Gasteiger partial charge in [0.25, 0.3) is 0 Å². The van der Waals surface area contributed by atoms with Crippen molar-refractivity contribution in [2.24, 2.45) is 5.41 Å². The molecule has 0 aromatic carbocycles. The van der Waals surface area contributed by atoms with Gasteiger partial charge < -0.3 is 10.1 Å². The highest BCUT2D eigenvalue weighted by Crippen LogP contribution is 2.16. The monoisotopic (exact) mass is 215 g/mol. The lowest BCUT2D eigenvalue weighted by Crippen LogP contribution is -2.24. The van der Waals surface area contributed by atoms with Gasteiger partial charge in [0.2, 0.25) is 0 Å². The molecule has 0 fully saturated rings. The third-order valence-electron chi connectivity index (χ3n) is 2.08. The van der Waals surface area contributed by atoms with Gasteiger partial charge in [0, 0.05) is 6.61 Å². The second kappa shape index (κ2) is 6.49. The van der Waals surface area contributed by atoms with Crippen LogP contribution in [-0.4, -0.2) is 25.3 Å². The summed E-state index contributed by atoms with van der Waals surface area (Å²) >= 11 is 0. The van der Waals surface area contributed by atoms with Gasteiger partial charge in [0.05, 0.1) is 5.60 Å². The average molecular weight is 215 g/mol. The van der Waals surface area contributed by atoms with Crippen LogP contribution >= 0.6 is 0 Å². The number of hydrogen-bond donors (Lipinski definition) is 1. The fourth-order valence-electron chi connectivity index (χ4n) is 1.16. The molecule has 2 heteroatoms. The van der Waals surface area contributed by atoms with Crippen molar-refractivity contribution in [2.75, 3.05) is 19.7 Å². The SMILES string of the molecule is CC(C)(C)CCNCCCOC(C)(C)C. The molecule has 0 unspecified atom stereocenters. The van der Waals surface area contributed by atoms with Gasteiger partial charge in [-0.25, -0.2) is 0 Å². The van der Waals surface area contributed by atoms with Gasteiger partial charge >= 0.3 is 0 Å². The van der Waals surface area contributed by atoms with Crippen LogP contribution in [0, 0.1) is 5.41 Å². The van der Waals surface area contributed by atoms with Gasteiger partial charge in [-0.2, -0.15) is 0 Å². The first-order chi connectivity index (χ1) is 6.71. The summed E-state index contributed by atoms with van der Waals surface area (Å²) in [6.45, 7) is 16.1. The molecule has 2 nitrogen and oxygen atoms in total. The Morgan fingerprint density at radius 2 is 1.53 bits per heavy atom. The van der Waals surface area contributed by atoms with Crippen molar-refractivity contribution in [3.8, 4) is 0 Å². The molecule has 0 aliphatic carbocycles. The van der Waals surface area contributed by atoms with Crippen LogP contribution in [-0.2, 0) is 4.74 Å². The molecule has 0 amide bonds. The smallest absolute Gasteiger partial charge is 0.0598 e. The second-order valence-electron chi connectivity index (χ2n) is 6.38. The van der Waals surface area contributed by atoms with E-state index in [4.69, 9.17) is 4.74 Å². The molecule has 0 radical (unpaired) electrons. The molecule has 0 saturated carbocycles. The minimum absolute atomic E-state index is 0.00537. The zero-order valence-corrected chi connectivity index (χ0v) is 11.4. The van der Waals surface area contributed by atoms with Gasteiger partial charge in [0.15, 0.2) is 0 Å². The Morgan fingerprint density at radius 3 is 2.00 bits per heavy atom. The van der Waals surface area contributed by atoms with Gasteiger partial charge in [-0.3, -0.25) is 0 Å². The summed E-state index contributed by atoms with van der Waals surface area (Å²) in [5.74, 6) is 0. The van der Waals surface area contributed by atoms with Crippen LogP contribution in [0.2, 0.25) is 0 Å². The molecule has 0 saturated heterocycles. The van der Waals surface area contributed by atoms with E-state index in [9.17, 15) is 0 Å². The summed E-state index contributed by atoms with van der Waals surface area (Å²) in [6.07, 6.45) is 2.33. The molecule has 0 heterocycles. The molecular weight excluding hydrogens is 186 g/mol. The number of nitrogens with one attached hydrogen (secondary N) is 1. The van der Waals surface area contributed by atoms with Crippen LogP contribution in [0.3, 0.4) is 0 Å². The Hall–Kier alpha value is -0.0800. The van der Waals surface area contributed by atoms with E-state index in [1.807, 2.05) is 0 Å². The summed E-state index contributed by atoms with van der Waals surface area (Å²) in [4.78, 5) is 0. The molecule has 0 aliphatic rings. The molecule has 0 spiro atoms. The molecule has 0 aromatic rings. The predicted octanol–water partition coefficient (Wildman–Crippen LogP) is 3.22. The maximum absolute atomic E-state index is 5.64. The molecule has 15 heavy (non-hydrogen) atoms. The Bertz CT molecular complexity index is 135. The van der Waals surface area contributed by atoms with Crippen molar-refractivity contribution in [1.82, 2.24) is 5.32 Å². The summed E-state index contributed by atoms with van der Waals surface area (Å²) in [6, 6.07) is 0. The first kappa shape index (κ1) is 14.9. The van der Waals surface area contributed by atoms with E-state index in [-0.39, 0.29) is 5.60 Å². The fraction of sp³-hybridized carbons (Fsp3) is 1.00. The van der Waals surface area contributed by atoms with Gasteiger partial charge in [-0.15, -0.1) is 0 Å². The average Bonchev–Trinajstić information content (AvgIpc) is 1.98. The van der Waals surface area contributed by atoms with Gasteiger partial charge in [-0.05, 0) is 52.1 Å². The van der Waals surface area contributed by atoms with E-state index >= 15 is 0 Å². The Labute approximate surface area is 95.8 Å². The zero-order chi connectivity index (χ0) is 11.9. The molecule has 0 aromatic heterocycles. The first-order valence-corrected chi connectivity index (χ1v) is 6.05. The van der Waals surface area contributed by atoms with Crippen LogP contribution in [0.25, 0.3) is 0 Å². The lowest BCUT2D eigenvalue weighted by atomic mass is 9.92. The molecule has 1 N–H and O–H groups in total. The van der Waals surface area contributed by atoms with E-state index in [1.165, 1.54) is 6.42 Å². The molecule has 92 valence electrons. The van der Waals surface area contributed by atoms with Crippen LogP contribution in [0.5, 0.6) is 0 Å². The number of hydrogen-bond acceptors (Lipinski definition) is 2. The normalized spacial score (nSPS) is 13.2. The molecule has 0 bridgehead atoms. The van der Waals surface area contributed by atoms with Gasteiger partial charge in [0.1, 0.15) is 0 Å². The van der Waals surface area contributed by atoms with E-state index in [0.717, 1.165) is 26.1 Å². The third-order valence-corrected chi connectivity index (χ3v) is 2.08. The highest BCUT2D eigenvalue weighted by molar-refractivity contribution is 4.63. The summed E-state index contributed by atoms with van der Waals surface area (Å²) < 4.78 is 5.64. The quantitative estimate of drug-likeness (QED) is 0.687. The van der Waals surface area contributed by atoms with Crippen molar-refractivity contribution >= 4 is 0 Å². The van der Waals surface area contributed by atoms with Crippen molar-refractivity contribution in [2.45, 2.75) is 60.0 Å². The highest BCUT2D eigenvalue weighted by atomic mass is 16.5. The molecule has 0 aliphatic heterocycles. The molecule has 0 atom stereocenters. The van der Waals surface area contributed by atoms with Crippen LogP contribution in [0.4, 0.5) is 0 Å². The maximum atomic E-state index is 5.64. The van der Waals surface area contributed by atoms with Crippen LogP contribution < -0.4 is 5.32 Å². The largest absolute Gasteiger partial charge is 0.376 e. The summed E-state index contributed by atoms with van der Waals surface area (Å²) in [7, 11) is 0. The highest BCUT2D eigenvalue weighted by Gasteiger charge is 2.10. The lowest BCUT2D eigenvalue weighted by Gasteiger charge is -2.20. The van der Waals surface area contributed by atoms with Crippen LogP contribution in [0.1, 0.15) is 54.4 Å². The van der Waals surface area contributed by atoms with Crippen molar-refractivity contribution < 1.29 is 4.74 Å². The van der Waals surface area contributed by atoms with E-state index in [1.54, 1.807) is 0 Å².